The Labute approximate surface area is 213 Å². The van der Waals surface area contributed by atoms with Gasteiger partial charge in [0.05, 0.1) is 11.6 Å². The molecular weight excluding hydrogens is 478 g/mol. The van der Waals surface area contributed by atoms with Gasteiger partial charge in [0.15, 0.2) is 6.61 Å². The molecule has 0 amide bonds. The molecule has 3 aromatic carbocycles. The van der Waals surface area contributed by atoms with E-state index >= 15 is 0 Å². The quantitative estimate of drug-likeness (QED) is 0.235. The van der Waals surface area contributed by atoms with Crippen molar-refractivity contribution < 1.29 is 23.7 Å². The highest BCUT2D eigenvalue weighted by Crippen LogP contribution is 2.28. The molecular formula is C29H30F2N2O4. The highest BCUT2D eigenvalue weighted by atomic mass is 19.3. The first-order valence-corrected chi connectivity index (χ1v) is 12.1. The molecule has 6 nitrogen and oxygen atoms in total. The third-order valence-electron chi connectivity index (χ3n) is 6.15. The van der Waals surface area contributed by atoms with Crippen molar-refractivity contribution in [2.24, 2.45) is 0 Å². The molecule has 0 spiro atoms. The second-order valence-corrected chi connectivity index (χ2v) is 9.27. The third kappa shape index (κ3) is 7.15. The maximum absolute atomic E-state index is 14.3. The minimum atomic E-state index is -2.97. The van der Waals surface area contributed by atoms with Crippen LogP contribution in [-0.4, -0.2) is 40.3 Å². The number of aromatic nitrogens is 1. The van der Waals surface area contributed by atoms with Crippen molar-refractivity contribution >= 4 is 10.9 Å². The lowest BCUT2D eigenvalue weighted by Gasteiger charge is -2.19. The van der Waals surface area contributed by atoms with Gasteiger partial charge < -0.3 is 25.3 Å². The van der Waals surface area contributed by atoms with Gasteiger partial charge in [-0.15, -0.1) is 0 Å². The molecule has 0 aliphatic heterocycles. The molecule has 0 saturated heterocycles. The first-order valence-electron chi connectivity index (χ1n) is 12.1. The molecule has 194 valence electrons. The lowest BCUT2D eigenvalue weighted by Crippen LogP contribution is -2.32. The Morgan fingerprint density at radius 2 is 1.70 bits per heavy atom. The van der Waals surface area contributed by atoms with Crippen molar-refractivity contribution in [1.82, 2.24) is 10.3 Å². The van der Waals surface area contributed by atoms with Crippen LogP contribution in [0.5, 0.6) is 11.5 Å². The maximum atomic E-state index is 14.3. The van der Waals surface area contributed by atoms with Gasteiger partial charge in [0.25, 0.3) is 5.92 Å². The summed E-state index contributed by atoms with van der Waals surface area (Å²) in [6.07, 6.45) is -0.579. The molecule has 0 aliphatic rings. The van der Waals surface area contributed by atoms with Crippen molar-refractivity contribution in [3.05, 3.63) is 106 Å². The van der Waals surface area contributed by atoms with Gasteiger partial charge in [-0.1, -0.05) is 48.5 Å². The van der Waals surface area contributed by atoms with Crippen molar-refractivity contribution in [1.29, 1.82) is 0 Å². The highest BCUT2D eigenvalue weighted by molar-refractivity contribution is 5.87. The molecule has 0 radical (unpaired) electrons. The average Bonchev–Trinajstić information content (AvgIpc) is 2.88. The number of benzene rings is 3. The number of phenolic OH excluding ortho intramolecular Hbond substituents is 1. The number of alkyl halides is 2. The minimum Gasteiger partial charge on any atom is -0.506 e. The second kappa shape index (κ2) is 11.5. The number of fused-ring (bicyclic) bond motifs is 1. The van der Waals surface area contributed by atoms with Crippen molar-refractivity contribution in [2.45, 2.75) is 37.8 Å². The number of aromatic amines is 1. The molecule has 4 rings (SSSR count). The van der Waals surface area contributed by atoms with E-state index in [1.54, 1.807) is 54.6 Å². The summed E-state index contributed by atoms with van der Waals surface area (Å²) in [5.74, 6) is -2.65. The predicted molar refractivity (Wildman–Crippen MR) is 139 cm³/mol. The Balaban J connectivity index is 1.28. The van der Waals surface area contributed by atoms with E-state index in [1.807, 2.05) is 19.1 Å². The lowest BCUT2D eigenvalue weighted by molar-refractivity contribution is -0.0400. The SMILES string of the molecule is C[C@@H](Cc1ccc(OCC(F)(F)Cc2ccccc2)cc1)NC[C@H](O)c1ccc(O)c2[nH]c(=O)ccc12. The van der Waals surface area contributed by atoms with E-state index in [9.17, 15) is 23.8 Å². The van der Waals surface area contributed by atoms with Crippen molar-refractivity contribution in [2.75, 3.05) is 13.2 Å². The Bertz CT molecular complexity index is 1370. The van der Waals surface area contributed by atoms with Crippen LogP contribution >= 0.6 is 0 Å². The number of H-pyrrole nitrogens is 1. The third-order valence-corrected chi connectivity index (χ3v) is 6.15. The smallest absolute Gasteiger partial charge is 0.285 e. The molecule has 4 N–H and O–H groups in total. The minimum absolute atomic E-state index is 0.0137. The first-order chi connectivity index (χ1) is 17.7. The van der Waals surface area contributed by atoms with E-state index in [0.717, 1.165) is 5.56 Å². The molecule has 4 aromatic rings. The Kier molecular flexibility index (Phi) is 8.21. The average molecular weight is 509 g/mol. The van der Waals surface area contributed by atoms with Gasteiger partial charge in [-0.3, -0.25) is 4.79 Å². The van der Waals surface area contributed by atoms with Crippen LogP contribution in [0.4, 0.5) is 8.78 Å². The molecule has 0 unspecified atom stereocenters. The highest BCUT2D eigenvalue weighted by Gasteiger charge is 2.30. The van der Waals surface area contributed by atoms with E-state index < -0.39 is 18.6 Å². The molecule has 8 heteroatoms. The molecule has 0 bridgehead atoms. The lowest BCUT2D eigenvalue weighted by atomic mass is 10.0. The van der Waals surface area contributed by atoms with Gasteiger partial charge in [-0.25, -0.2) is 8.78 Å². The van der Waals surface area contributed by atoms with Crippen LogP contribution in [0, 0.1) is 0 Å². The molecule has 1 heterocycles. The molecule has 0 fully saturated rings. The Morgan fingerprint density at radius 3 is 2.43 bits per heavy atom. The van der Waals surface area contributed by atoms with Crippen LogP contribution in [-0.2, 0) is 12.8 Å². The number of hydrogen-bond donors (Lipinski definition) is 4. The van der Waals surface area contributed by atoms with Crippen molar-refractivity contribution in [3.63, 3.8) is 0 Å². The summed E-state index contributed by atoms with van der Waals surface area (Å²) in [4.78, 5) is 14.2. The van der Waals surface area contributed by atoms with E-state index in [1.165, 1.54) is 12.1 Å². The normalized spacial score (nSPS) is 13.4. The number of halogens is 2. The number of pyridine rings is 1. The molecule has 1 aromatic heterocycles. The van der Waals surface area contributed by atoms with Crippen LogP contribution in [0.1, 0.15) is 29.7 Å². The van der Waals surface area contributed by atoms with Gasteiger partial charge in [0, 0.05) is 30.5 Å². The number of ether oxygens (including phenoxy) is 1. The maximum Gasteiger partial charge on any atom is 0.285 e. The number of phenols is 1. The predicted octanol–water partition coefficient (Wildman–Crippen LogP) is 4.74. The van der Waals surface area contributed by atoms with Crippen LogP contribution in [0.15, 0.2) is 83.7 Å². The molecule has 37 heavy (non-hydrogen) atoms. The van der Waals surface area contributed by atoms with Crippen LogP contribution in [0.25, 0.3) is 10.9 Å². The van der Waals surface area contributed by atoms with E-state index in [4.69, 9.17) is 4.74 Å². The Morgan fingerprint density at radius 1 is 0.973 bits per heavy atom. The monoisotopic (exact) mass is 508 g/mol. The summed E-state index contributed by atoms with van der Waals surface area (Å²) in [7, 11) is 0. The van der Waals surface area contributed by atoms with Crippen LogP contribution in [0.2, 0.25) is 0 Å². The fraction of sp³-hybridized carbons (Fsp3) is 0.276. The summed E-state index contributed by atoms with van der Waals surface area (Å²) >= 11 is 0. The number of aliphatic hydroxyl groups excluding tert-OH is 1. The van der Waals surface area contributed by atoms with Gasteiger partial charge >= 0.3 is 0 Å². The van der Waals surface area contributed by atoms with Crippen molar-refractivity contribution in [3.8, 4) is 11.5 Å². The summed E-state index contributed by atoms with van der Waals surface area (Å²) in [6.45, 7) is 1.54. The van der Waals surface area contributed by atoms with Gasteiger partial charge in [0.2, 0.25) is 5.56 Å². The topological polar surface area (TPSA) is 94.6 Å². The number of aliphatic hydroxyl groups is 1. The summed E-state index contributed by atoms with van der Waals surface area (Å²) in [6, 6.07) is 21.7. The largest absolute Gasteiger partial charge is 0.506 e. The standard InChI is InChI=1S/C29H30F2N2O4/c1-19(32-17-26(35)23-11-13-25(34)28-24(23)12-14-27(36)33-28)15-20-7-9-22(10-8-20)37-18-29(30,31)16-21-5-3-2-4-6-21/h2-14,19,26,32,34-35H,15-18H2,1H3,(H,33,36)/t19-,26-/m0/s1. The number of aromatic hydroxyl groups is 1. The fourth-order valence-corrected chi connectivity index (χ4v) is 4.25. The molecule has 2 atom stereocenters. The number of nitrogens with one attached hydrogen (secondary N) is 2. The first kappa shape index (κ1) is 26.3. The zero-order valence-corrected chi connectivity index (χ0v) is 20.5. The zero-order valence-electron chi connectivity index (χ0n) is 20.5. The summed E-state index contributed by atoms with van der Waals surface area (Å²) in [5.41, 5.74) is 2.10. The summed E-state index contributed by atoms with van der Waals surface area (Å²) in [5, 5.41) is 24.6. The van der Waals surface area contributed by atoms with Gasteiger partial charge in [0.1, 0.15) is 11.5 Å². The molecule has 0 saturated carbocycles. The van der Waals surface area contributed by atoms with E-state index in [2.05, 4.69) is 10.3 Å². The number of hydrogen-bond acceptors (Lipinski definition) is 5. The van der Waals surface area contributed by atoms with Gasteiger partial charge in [-0.2, -0.15) is 0 Å². The van der Waals surface area contributed by atoms with E-state index in [-0.39, 0.29) is 35.8 Å². The van der Waals surface area contributed by atoms with Crippen LogP contribution < -0.4 is 15.6 Å². The van der Waals surface area contributed by atoms with Gasteiger partial charge in [-0.05, 0) is 54.3 Å². The zero-order chi connectivity index (χ0) is 26.4. The molecule has 0 aliphatic carbocycles. The summed E-state index contributed by atoms with van der Waals surface area (Å²) < 4.78 is 33.9. The second-order valence-electron chi connectivity index (χ2n) is 9.27. The Hall–Kier alpha value is -3.75. The van der Waals surface area contributed by atoms with Crippen LogP contribution in [0.3, 0.4) is 0 Å². The van der Waals surface area contributed by atoms with E-state index in [0.29, 0.717) is 28.7 Å². The number of rotatable bonds is 11. The fourth-order valence-electron chi connectivity index (χ4n) is 4.25.